The number of rotatable bonds is 7. The normalized spacial score (nSPS) is 11.6. The molecule has 23 heavy (non-hydrogen) atoms. The van der Waals surface area contributed by atoms with E-state index < -0.39 is 15.9 Å². The molecule has 2 rings (SSSR count). The predicted molar refractivity (Wildman–Crippen MR) is 87.2 cm³/mol. The zero-order chi connectivity index (χ0) is 16.9. The van der Waals surface area contributed by atoms with Gasteiger partial charge in [-0.3, -0.25) is 4.79 Å². The van der Waals surface area contributed by atoms with Gasteiger partial charge in [0.2, 0.25) is 5.91 Å². The molecule has 0 radical (unpaired) electrons. The Morgan fingerprint density at radius 3 is 2.65 bits per heavy atom. The third-order valence-corrected chi connectivity index (χ3v) is 6.38. The number of hydrogen-bond donors (Lipinski definition) is 1. The van der Waals surface area contributed by atoms with Crippen LogP contribution in [-0.2, 0) is 21.2 Å². The van der Waals surface area contributed by atoms with Gasteiger partial charge in [0.15, 0.2) is 0 Å². The molecule has 1 aromatic carbocycles. The van der Waals surface area contributed by atoms with Gasteiger partial charge in [-0.2, -0.15) is 4.31 Å². The van der Waals surface area contributed by atoms with Crippen molar-refractivity contribution in [3.8, 4) is 0 Å². The standard InChI is InChI=1S/C15H17FN2O3S2/c1-18(23(20,21)15-7-4-10-22-15)11-14(19)17-9-8-12-5-2-3-6-13(12)16/h2-7,10H,8-9,11H2,1H3,(H,17,19). The number of hydrogen-bond acceptors (Lipinski definition) is 4. The van der Waals surface area contributed by atoms with Crippen LogP contribution in [0.15, 0.2) is 46.0 Å². The van der Waals surface area contributed by atoms with Crippen molar-refractivity contribution in [2.24, 2.45) is 0 Å². The summed E-state index contributed by atoms with van der Waals surface area (Å²) in [6, 6.07) is 9.46. The minimum Gasteiger partial charge on any atom is -0.355 e. The molecule has 1 amide bonds. The highest BCUT2D eigenvalue weighted by atomic mass is 32.2. The highest BCUT2D eigenvalue weighted by Crippen LogP contribution is 2.19. The summed E-state index contributed by atoms with van der Waals surface area (Å²) in [4.78, 5) is 11.8. The molecule has 0 spiro atoms. The molecule has 8 heteroatoms. The number of carbonyl (C=O) groups excluding carboxylic acids is 1. The first-order valence-corrected chi connectivity index (χ1v) is 9.23. The van der Waals surface area contributed by atoms with Gasteiger partial charge in [-0.15, -0.1) is 11.3 Å². The Morgan fingerprint density at radius 1 is 1.26 bits per heavy atom. The first-order valence-electron chi connectivity index (χ1n) is 6.91. The molecule has 0 aliphatic rings. The molecular formula is C15H17FN2O3S2. The number of thiophene rings is 1. The molecule has 5 nitrogen and oxygen atoms in total. The van der Waals surface area contributed by atoms with Crippen LogP contribution in [0.3, 0.4) is 0 Å². The third-order valence-electron chi connectivity index (χ3n) is 3.20. The molecule has 0 fully saturated rings. The first-order chi connectivity index (χ1) is 10.9. The summed E-state index contributed by atoms with van der Waals surface area (Å²) in [5, 5.41) is 4.26. The van der Waals surface area contributed by atoms with E-state index in [1.54, 1.807) is 29.6 Å². The minimum atomic E-state index is -3.64. The fourth-order valence-corrected chi connectivity index (χ4v) is 4.27. The van der Waals surface area contributed by atoms with Crippen LogP contribution in [0, 0.1) is 5.82 Å². The SMILES string of the molecule is CN(CC(=O)NCCc1ccccc1F)S(=O)(=O)c1cccs1. The lowest BCUT2D eigenvalue weighted by Gasteiger charge is -2.15. The second kappa shape index (κ2) is 7.67. The average molecular weight is 356 g/mol. The van der Waals surface area contributed by atoms with Crippen LogP contribution < -0.4 is 5.32 Å². The molecule has 0 aliphatic carbocycles. The second-order valence-corrected chi connectivity index (χ2v) is 8.10. The molecular weight excluding hydrogens is 339 g/mol. The van der Waals surface area contributed by atoms with E-state index in [1.807, 2.05) is 0 Å². The molecule has 1 aromatic heterocycles. The van der Waals surface area contributed by atoms with Crippen LogP contribution in [0.1, 0.15) is 5.56 Å². The van der Waals surface area contributed by atoms with E-state index in [0.29, 0.717) is 12.0 Å². The summed E-state index contributed by atoms with van der Waals surface area (Å²) in [7, 11) is -2.29. The van der Waals surface area contributed by atoms with Gasteiger partial charge in [-0.1, -0.05) is 24.3 Å². The van der Waals surface area contributed by atoms with Crippen LogP contribution in [0.2, 0.25) is 0 Å². The van der Waals surface area contributed by atoms with Crippen LogP contribution in [0.4, 0.5) is 4.39 Å². The van der Waals surface area contributed by atoms with Crippen molar-refractivity contribution in [3.63, 3.8) is 0 Å². The highest BCUT2D eigenvalue weighted by Gasteiger charge is 2.23. The summed E-state index contributed by atoms with van der Waals surface area (Å²) in [5.74, 6) is -0.747. The lowest BCUT2D eigenvalue weighted by molar-refractivity contribution is -0.121. The van der Waals surface area contributed by atoms with E-state index in [9.17, 15) is 17.6 Å². The topological polar surface area (TPSA) is 66.5 Å². The van der Waals surface area contributed by atoms with Gasteiger partial charge in [-0.25, -0.2) is 12.8 Å². The fourth-order valence-electron chi connectivity index (χ4n) is 1.94. The van der Waals surface area contributed by atoms with Crippen molar-refractivity contribution in [2.75, 3.05) is 20.1 Å². The summed E-state index contributed by atoms with van der Waals surface area (Å²) < 4.78 is 39.0. The lowest BCUT2D eigenvalue weighted by atomic mass is 10.1. The molecule has 0 bridgehead atoms. The van der Waals surface area contributed by atoms with Crippen LogP contribution in [-0.4, -0.2) is 38.8 Å². The van der Waals surface area contributed by atoms with E-state index in [0.717, 1.165) is 15.6 Å². The lowest BCUT2D eigenvalue weighted by Crippen LogP contribution is -2.38. The summed E-state index contributed by atoms with van der Waals surface area (Å²) in [5.41, 5.74) is 0.507. The monoisotopic (exact) mass is 356 g/mol. The van der Waals surface area contributed by atoms with Crippen molar-refractivity contribution in [3.05, 3.63) is 53.2 Å². The van der Waals surface area contributed by atoms with Crippen molar-refractivity contribution in [1.82, 2.24) is 9.62 Å². The number of nitrogens with one attached hydrogen (secondary N) is 1. The summed E-state index contributed by atoms with van der Waals surface area (Å²) in [6.45, 7) is -0.0375. The molecule has 0 atom stereocenters. The first kappa shape index (κ1) is 17.6. The smallest absolute Gasteiger partial charge is 0.252 e. The molecule has 0 unspecified atom stereocenters. The number of benzene rings is 1. The minimum absolute atomic E-state index is 0.194. The number of sulfonamides is 1. The Balaban J connectivity index is 1.84. The molecule has 1 N–H and O–H groups in total. The Bertz CT molecular complexity index is 761. The van der Waals surface area contributed by atoms with E-state index in [2.05, 4.69) is 5.32 Å². The number of likely N-dealkylation sites (N-methyl/N-ethyl adjacent to an activating group) is 1. The number of amides is 1. The fraction of sp³-hybridized carbons (Fsp3) is 0.267. The Kier molecular flexibility index (Phi) is 5.86. The van der Waals surface area contributed by atoms with Crippen molar-refractivity contribution in [2.45, 2.75) is 10.6 Å². The summed E-state index contributed by atoms with van der Waals surface area (Å²) in [6.07, 6.45) is 0.347. The molecule has 0 saturated carbocycles. The van der Waals surface area contributed by atoms with Gasteiger partial charge in [0.1, 0.15) is 10.0 Å². The van der Waals surface area contributed by atoms with Gasteiger partial charge in [-0.05, 0) is 29.5 Å². The number of nitrogens with zero attached hydrogens (tertiary/aromatic N) is 1. The third kappa shape index (κ3) is 4.60. The number of carbonyl (C=O) groups is 1. The highest BCUT2D eigenvalue weighted by molar-refractivity contribution is 7.91. The van der Waals surface area contributed by atoms with E-state index in [1.165, 1.54) is 19.2 Å². The molecule has 0 aliphatic heterocycles. The van der Waals surface area contributed by atoms with E-state index in [4.69, 9.17) is 0 Å². The average Bonchev–Trinajstić information content (AvgIpc) is 3.04. The van der Waals surface area contributed by atoms with Gasteiger partial charge in [0.25, 0.3) is 10.0 Å². The Labute approximate surface area is 138 Å². The largest absolute Gasteiger partial charge is 0.355 e. The predicted octanol–water partition coefficient (Wildman–Crippen LogP) is 1.87. The van der Waals surface area contributed by atoms with Crippen molar-refractivity contribution >= 4 is 27.3 Å². The number of halogens is 1. The zero-order valence-corrected chi connectivity index (χ0v) is 14.2. The zero-order valence-electron chi connectivity index (χ0n) is 12.5. The second-order valence-electron chi connectivity index (χ2n) is 4.88. The van der Waals surface area contributed by atoms with Crippen LogP contribution in [0.25, 0.3) is 0 Å². The van der Waals surface area contributed by atoms with Gasteiger partial charge in [0.05, 0.1) is 6.54 Å². The Morgan fingerprint density at radius 2 is 2.00 bits per heavy atom. The quantitative estimate of drug-likeness (QED) is 0.824. The van der Waals surface area contributed by atoms with E-state index in [-0.39, 0.29) is 23.1 Å². The maximum atomic E-state index is 13.4. The molecule has 0 saturated heterocycles. The van der Waals surface area contributed by atoms with Crippen LogP contribution in [0.5, 0.6) is 0 Å². The Hall–Kier alpha value is -1.77. The van der Waals surface area contributed by atoms with E-state index >= 15 is 0 Å². The maximum Gasteiger partial charge on any atom is 0.252 e. The van der Waals surface area contributed by atoms with Crippen molar-refractivity contribution in [1.29, 1.82) is 0 Å². The van der Waals surface area contributed by atoms with Gasteiger partial charge in [0, 0.05) is 13.6 Å². The molecule has 124 valence electrons. The van der Waals surface area contributed by atoms with Crippen molar-refractivity contribution < 1.29 is 17.6 Å². The van der Waals surface area contributed by atoms with Crippen LogP contribution >= 0.6 is 11.3 Å². The van der Waals surface area contributed by atoms with Gasteiger partial charge >= 0.3 is 0 Å². The molecule has 1 heterocycles. The summed E-state index contributed by atoms with van der Waals surface area (Å²) >= 11 is 1.10. The molecule has 2 aromatic rings. The van der Waals surface area contributed by atoms with Gasteiger partial charge < -0.3 is 5.32 Å². The maximum absolute atomic E-state index is 13.4.